The largest absolute Gasteiger partial charge is 0.494 e. The molecule has 0 aliphatic carbocycles. The Bertz CT molecular complexity index is 998. The Labute approximate surface area is 177 Å². The smallest absolute Gasteiger partial charge is 0.243 e. The molecule has 6 nitrogen and oxygen atoms in total. The zero-order chi connectivity index (χ0) is 21.9. The number of benzene rings is 2. The maximum Gasteiger partial charge on any atom is 0.243 e. The SMILES string of the molecule is COc1ccc(CC(=O)Nc2ccc(S(=O)(=O)N3C[C@@H](C)C[C@H](C)C3)cc2)cc1F. The zero-order valence-electron chi connectivity index (χ0n) is 17.4. The Morgan fingerprint density at radius 2 is 1.77 bits per heavy atom. The van der Waals surface area contributed by atoms with E-state index in [1.165, 1.54) is 35.7 Å². The Morgan fingerprint density at radius 3 is 2.33 bits per heavy atom. The molecule has 1 saturated heterocycles. The van der Waals surface area contributed by atoms with Gasteiger partial charge in [0.15, 0.2) is 11.6 Å². The molecule has 1 aliphatic heterocycles. The molecule has 1 N–H and O–H groups in total. The molecule has 0 unspecified atom stereocenters. The molecule has 0 spiro atoms. The zero-order valence-corrected chi connectivity index (χ0v) is 18.2. The van der Waals surface area contributed by atoms with E-state index in [9.17, 15) is 17.6 Å². The fourth-order valence-electron chi connectivity index (χ4n) is 3.87. The number of anilines is 1. The second-order valence-electron chi connectivity index (χ2n) is 7.99. The molecule has 3 rings (SSSR count). The molecule has 30 heavy (non-hydrogen) atoms. The summed E-state index contributed by atoms with van der Waals surface area (Å²) >= 11 is 0. The van der Waals surface area contributed by atoms with Crippen LogP contribution in [0, 0.1) is 17.7 Å². The van der Waals surface area contributed by atoms with Crippen LogP contribution in [0.25, 0.3) is 0 Å². The lowest BCUT2D eigenvalue weighted by Gasteiger charge is -2.34. The van der Waals surface area contributed by atoms with Crippen LogP contribution >= 0.6 is 0 Å². The Hall–Kier alpha value is -2.45. The number of hydrogen-bond acceptors (Lipinski definition) is 4. The molecule has 8 heteroatoms. The molecule has 2 aromatic carbocycles. The van der Waals surface area contributed by atoms with E-state index in [0.717, 1.165) is 6.42 Å². The summed E-state index contributed by atoms with van der Waals surface area (Å²) in [5, 5.41) is 2.71. The number of hydrogen-bond donors (Lipinski definition) is 1. The van der Waals surface area contributed by atoms with E-state index in [0.29, 0.717) is 36.2 Å². The predicted octanol–water partition coefficient (Wildman–Crippen LogP) is 3.68. The summed E-state index contributed by atoms with van der Waals surface area (Å²) in [5.41, 5.74) is 0.992. The third-order valence-electron chi connectivity index (χ3n) is 5.19. The van der Waals surface area contributed by atoms with Gasteiger partial charge in [-0.2, -0.15) is 4.31 Å². The first-order valence-corrected chi connectivity index (χ1v) is 11.4. The fraction of sp³-hybridized carbons (Fsp3) is 0.409. The third kappa shape index (κ3) is 5.17. The lowest BCUT2D eigenvalue weighted by molar-refractivity contribution is -0.115. The number of carbonyl (C=O) groups excluding carboxylic acids is 1. The maximum atomic E-state index is 13.8. The van der Waals surface area contributed by atoms with Gasteiger partial charge in [-0.15, -0.1) is 0 Å². The van der Waals surface area contributed by atoms with Crippen molar-refractivity contribution in [2.45, 2.75) is 31.6 Å². The summed E-state index contributed by atoms with van der Waals surface area (Å²) in [7, 11) is -2.19. The summed E-state index contributed by atoms with van der Waals surface area (Å²) in [4.78, 5) is 12.5. The number of carbonyl (C=O) groups is 1. The second-order valence-corrected chi connectivity index (χ2v) is 9.92. The molecule has 0 radical (unpaired) electrons. The van der Waals surface area contributed by atoms with Gasteiger partial charge >= 0.3 is 0 Å². The van der Waals surface area contributed by atoms with Crippen LogP contribution in [-0.2, 0) is 21.2 Å². The topological polar surface area (TPSA) is 75.7 Å². The standard InChI is InChI=1S/C22H27FN2O4S/c1-15-10-16(2)14-25(13-15)30(27,28)19-7-5-18(6-8-19)24-22(26)12-17-4-9-21(29-3)20(23)11-17/h4-9,11,15-16H,10,12-14H2,1-3H3,(H,24,26)/t15-,16-/m0/s1. The van der Waals surface area contributed by atoms with Crippen LogP contribution < -0.4 is 10.1 Å². The molecular formula is C22H27FN2O4S. The van der Waals surface area contributed by atoms with E-state index in [1.54, 1.807) is 18.2 Å². The van der Waals surface area contributed by atoms with Crippen molar-refractivity contribution in [3.63, 3.8) is 0 Å². The number of rotatable bonds is 6. The first kappa shape index (κ1) is 22.2. The molecular weight excluding hydrogens is 407 g/mol. The van der Waals surface area contributed by atoms with Crippen molar-refractivity contribution < 1.29 is 22.3 Å². The Morgan fingerprint density at radius 1 is 1.13 bits per heavy atom. The van der Waals surface area contributed by atoms with Gasteiger partial charge in [0.1, 0.15) is 0 Å². The monoisotopic (exact) mass is 434 g/mol. The Kier molecular flexibility index (Phi) is 6.77. The van der Waals surface area contributed by atoms with E-state index in [1.807, 2.05) is 0 Å². The molecule has 2 aromatic rings. The van der Waals surface area contributed by atoms with Gasteiger partial charge in [-0.05, 0) is 60.2 Å². The summed E-state index contributed by atoms with van der Waals surface area (Å²) in [5.74, 6) is -0.0873. The van der Waals surface area contributed by atoms with Crippen molar-refractivity contribution in [1.82, 2.24) is 4.31 Å². The fourth-order valence-corrected chi connectivity index (χ4v) is 5.55. The highest BCUT2D eigenvalue weighted by atomic mass is 32.2. The van der Waals surface area contributed by atoms with Gasteiger partial charge in [0.25, 0.3) is 0 Å². The van der Waals surface area contributed by atoms with Crippen molar-refractivity contribution in [1.29, 1.82) is 0 Å². The van der Waals surface area contributed by atoms with Gasteiger partial charge in [0, 0.05) is 18.8 Å². The van der Waals surface area contributed by atoms with Gasteiger partial charge in [0.05, 0.1) is 18.4 Å². The van der Waals surface area contributed by atoms with Crippen LogP contribution in [0.1, 0.15) is 25.8 Å². The average Bonchev–Trinajstić information content (AvgIpc) is 2.68. The minimum absolute atomic E-state index is 0.00941. The first-order chi connectivity index (χ1) is 14.2. The maximum absolute atomic E-state index is 13.8. The third-order valence-corrected chi connectivity index (χ3v) is 7.04. The van der Waals surface area contributed by atoms with Gasteiger partial charge in [-0.3, -0.25) is 4.79 Å². The quantitative estimate of drug-likeness (QED) is 0.753. The van der Waals surface area contributed by atoms with Crippen molar-refractivity contribution in [2.75, 3.05) is 25.5 Å². The minimum atomic E-state index is -3.57. The Balaban J connectivity index is 1.65. The highest BCUT2D eigenvalue weighted by Gasteiger charge is 2.31. The molecule has 1 heterocycles. The van der Waals surface area contributed by atoms with Crippen LogP contribution in [0.3, 0.4) is 0 Å². The van der Waals surface area contributed by atoms with Crippen LogP contribution in [0.15, 0.2) is 47.4 Å². The van der Waals surface area contributed by atoms with Crippen molar-refractivity contribution in [3.05, 3.63) is 53.8 Å². The van der Waals surface area contributed by atoms with Crippen LogP contribution in [-0.4, -0.2) is 38.8 Å². The number of halogens is 1. The van der Waals surface area contributed by atoms with Gasteiger partial charge in [-0.1, -0.05) is 19.9 Å². The number of sulfonamides is 1. The predicted molar refractivity (Wildman–Crippen MR) is 113 cm³/mol. The van der Waals surface area contributed by atoms with E-state index in [-0.39, 0.29) is 23.0 Å². The van der Waals surface area contributed by atoms with Crippen molar-refractivity contribution in [3.8, 4) is 5.75 Å². The van der Waals surface area contributed by atoms with E-state index < -0.39 is 15.8 Å². The highest BCUT2D eigenvalue weighted by Crippen LogP contribution is 2.27. The number of methoxy groups -OCH3 is 1. The van der Waals surface area contributed by atoms with Gasteiger partial charge in [0.2, 0.25) is 15.9 Å². The average molecular weight is 435 g/mol. The number of nitrogens with zero attached hydrogens (tertiary/aromatic N) is 1. The highest BCUT2D eigenvalue weighted by molar-refractivity contribution is 7.89. The number of nitrogens with one attached hydrogen (secondary N) is 1. The summed E-state index contributed by atoms with van der Waals surface area (Å²) < 4.78 is 46.0. The van der Waals surface area contributed by atoms with Crippen molar-refractivity contribution in [2.24, 2.45) is 11.8 Å². The minimum Gasteiger partial charge on any atom is -0.494 e. The number of piperidine rings is 1. The van der Waals surface area contributed by atoms with E-state index >= 15 is 0 Å². The summed E-state index contributed by atoms with van der Waals surface area (Å²) in [6.45, 7) is 5.16. The molecule has 1 amide bonds. The second kappa shape index (κ2) is 9.14. The van der Waals surface area contributed by atoms with Crippen LogP contribution in [0.5, 0.6) is 5.75 Å². The normalized spacial score (nSPS) is 20.0. The lowest BCUT2D eigenvalue weighted by Crippen LogP contribution is -2.42. The van der Waals surface area contributed by atoms with Crippen LogP contribution in [0.2, 0.25) is 0 Å². The molecule has 2 atom stereocenters. The lowest BCUT2D eigenvalue weighted by atomic mass is 9.94. The number of amides is 1. The molecule has 162 valence electrons. The van der Waals surface area contributed by atoms with E-state index in [2.05, 4.69) is 19.2 Å². The molecule has 0 saturated carbocycles. The summed E-state index contributed by atoms with van der Waals surface area (Å²) in [6.07, 6.45) is 1.01. The van der Waals surface area contributed by atoms with Gasteiger partial charge in [-0.25, -0.2) is 12.8 Å². The van der Waals surface area contributed by atoms with Crippen LogP contribution in [0.4, 0.5) is 10.1 Å². The first-order valence-electron chi connectivity index (χ1n) is 9.91. The summed E-state index contributed by atoms with van der Waals surface area (Å²) in [6, 6.07) is 10.5. The molecule has 0 aromatic heterocycles. The van der Waals surface area contributed by atoms with E-state index in [4.69, 9.17) is 4.74 Å². The van der Waals surface area contributed by atoms with Gasteiger partial charge < -0.3 is 10.1 Å². The molecule has 0 bridgehead atoms. The molecule has 1 fully saturated rings. The van der Waals surface area contributed by atoms with Crippen molar-refractivity contribution >= 4 is 21.6 Å². The number of ether oxygens (including phenoxy) is 1. The molecule has 1 aliphatic rings.